The summed E-state index contributed by atoms with van der Waals surface area (Å²) in [7, 11) is 0. The van der Waals surface area contributed by atoms with Crippen LogP contribution in [0.25, 0.3) is 0 Å². The minimum atomic E-state index is -0.667. The number of anilines is 1. The summed E-state index contributed by atoms with van der Waals surface area (Å²) in [6.45, 7) is -0.264. The molecule has 1 rings (SSSR count). The molecule has 1 aromatic carbocycles. The highest BCUT2D eigenvalue weighted by Gasteiger charge is 2.05. The number of nitrogens with one attached hydrogen (secondary N) is 3. The quantitative estimate of drug-likeness (QED) is 0.576. The fourth-order valence-corrected chi connectivity index (χ4v) is 1.10. The highest BCUT2D eigenvalue weighted by molar-refractivity contribution is 5.96. The lowest BCUT2D eigenvalue weighted by atomic mass is 10.2. The highest BCUT2D eigenvalue weighted by atomic mass is 16.2. The third kappa shape index (κ3) is 4.00. The van der Waals surface area contributed by atoms with Gasteiger partial charge in [-0.1, -0.05) is 0 Å². The van der Waals surface area contributed by atoms with Gasteiger partial charge in [-0.2, -0.15) is 0 Å². The Morgan fingerprint density at radius 2 is 1.83 bits per heavy atom. The van der Waals surface area contributed by atoms with Crippen molar-refractivity contribution in [3.8, 4) is 0 Å². The number of amides is 4. The molecule has 0 aliphatic rings. The molecule has 0 aromatic heterocycles. The highest BCUT2D eigenvalue weighted by Crippen LogP contribution is 2.10. The standard InChI is InChI=1S/C10H11N5O3/c11-8(16)5-13-10(18)14-7-3-1-6(2-4-7)9(17)15-12/h1-4,12H,5H2,(H2,11,16)(H2,13,14,18). The Morgan fingerprint density at radius 3 is 2.33 bits per heavy atom. The van der Waals surface area contributed by atoms with Crippen molar-refractivity contribution in [2.45, 2.75) is 0 Å². The van der Waals surface area contributed by atoms with Gasteiger partial charge in [-0.3, -0.25) is 9.59 Å². The van der Waals surface area contributed by atoms with E-state index in [9.17, 15) is 14.4 Å². The van der Waals surface area contributed by atoms with Crippen LogP contribution in [0.1, 0.15) is 10.4 Å². The van der Waals surface area contributed by atoms with Gasteiger partial charge in [0.05, 0.1) is 6.54 Å². The first kappa shape index (κ1) is 13.3. The van der Waals surface area contributed by atoms with Crippen molar-refractivity contribution in [1.29, 1.82) is 5.53 Å². The molecule has 0 saturated carbocycles. The number of carbonyl (C=O) groups is 3. The Labute approximate surface area is 102 Å². The van der Waals surface area contributed by atoms with E-state index in [0.717, 1.165) is 0 Å². The molecule has 0 heterocycles. The molecule has 0 spiro atoms. The number of hydrogen-bond acceptors (Lipinski definition) is 4. The summed E-state index contributed by atoms with van der Waals surface area (Å²) in [4.78, 5) is 32.7. The van der Waals surface area contributed by atoms with E-state index in [0.29, 0.717) is 5.69 Å². The van der Waals surface area contributed by atoms with Gasteiger partial charge in [0.1, 0.15) is 0 Å². The number of primary amides is 1. The number of carbonyl (C=O) groups excluding carboxylic acids is 3. The van der Waals surface area contributed by atoms with Gasteiger partial charge in [-0.25, -0.2) is 10.3 Å². The molecule has 8 heteroatoms. The van der Waals surface area contributed by atoms with Gasteiger partial charge in [-0.05, 0) is 24.3 Å². The number of urea groups is 1. The number of nitrogens with two attached hydrogens (primary N) is 1. The van der Waals surface area contributed by atoms with E-state index in [1.807, 2.05) is 0 Å². The largest absolute Gasteiger partial charge is 0.368 e. The molecule has 0 unspecified atom stereocenters. The molecular formula is C10H11N5O3. The summed E-state index contributed by atoms with van der Waals surface area (Å²) in [5.74, 6) is -1.32. The molecule has 0 atom stereocenters. The summed E-state index contributed by atoms with van der Waals surface area (Å²) < 4.78 is 0. The van der Waals surface area contributed by atoms with Crippen LogP contribution in [0.3, 0.4) is 0 Å². The molecule has 5 N–H and O–H groups in total. The Hall–Kier alpha value is -2.77. The third-order valence-electron chi connectivity index (χ3n) is 1.91. The molecule has 0 bridgehead atoms. The van der Waals surface area contributed by atoms with Crippen LogP contribution in [-0.2, 0) is 4.79 Å². The van der Waals surface area contributed by atoms with Crippen molar-refractivity contribution < 1.29 is 14.4 Å². The molecule has 0 saturated heterocycles. The van der Waals surface area contributed by atoms with Gasteiger partial charge in [0.25, 0.3) is 5.91 Å². The van der Waals surface area contributed by atoms with Gasteiger partial charge in [0, 0.05) is 11.3 Å². The number of rotatable bonds is 4. The van der Waals surface area contributed by atoms with Crippen LogP contribution in [0.15, 0.2) is 29.4 Å². The smallest absolute Gasteiger partial charge is 0.319 e. The van der Waals surface area contributed by atoms with Crippen molar-refractivity contribution in [2.24, 2.45) is 10.8 Å². The second-order valence-electron chi connectivity index (χ2n) is 3.27. The maximum Gasteiger partial charge on any atom is 0.319 e. The first-order valence-corrected chi connectivity index (χ1v) is 4.88. The zero-order valence-corrected chi connectivity index (χ0v) is 9.27. The minimum absolute atomic E-state index is 0.244. The lowest BCUT2D eigenvalue weighted by Gasteiger charge is -2.06. The summed E-state index contributed by atoms with van der Waals surface area (Å²) in [5, 5.41) is 7.43. The van der Waals surface area contributed by atoms with E-state index in [-0.39, 0.29) is 12.1 Å². The van der Waals surface area contributed by atoms with E-state index < -0.39 is 17.8 Å². The first-order valence-electron chi connectivity index (χ1n) is 4.88. The van der Waals surface area contributed by atoms with Crippen molar-refractivity contribution in [2.75, 3.05) is 11.9 Å². The van der Waals surface area contributed by atoms with Gasteiger partial charge >= 0.3 is 6.03 Å². The Kier molecular flexibility index (Phi) is 4.50. The van der Waals surface area contributed by atoms with E-state index in [4.69, 9.17) is 11.3 Å². The predicted molar refractivity (Wildman–Crippen MR) is 62.1 cm³/mol. The van der Waals surface area contributed by atoms with Crippen LogP contribution in [0.4, 0.5) is 10.5 Å². The molecule has 0 aliphatic carbocycles. The fraction of sp³-hybridized carbons (Fsp3) is 0.100. The molecular weight excluding hydrogens is 238 g/mol. The van der Waals surface area contributed by atoms with Crippen molar-refractivity contribution in [1.82, 2.24) is 5.32 Å². The summed E-state index contributed by atoms with van der Waals surface area (Å²) in [5.41, 5.74) is 12.1. The second kappa shape index (κ2) is 6.09. The van der Waals surface area contributed by atoms with Crippen LogP contribution in [0.5, 0.6) is 0 Å². The van der Waals surface area contributed by atoms with Gasteiger partial charge < -0.3 is 16.4 Å². The molecule has 0 fully saturated rings. The molecule has 4 amide bonds. The summed E-state index contributed by atoms with van der Waals surface area (Å²) in [6, 6.07) is 5.21. The average molecular weight is 249 g/mol. The molecule has 0 radical (unpaired) electrons. The molecule has 0 aliphatic heterocycles. The number of benzene rings is 1. The first-order chi connectivity index (χ1) is 8.52. The predicted octanol–water partition coefficient (Wildman–Crippen LogP) is 0.465. The normalized spacial score (nSPS) is 9.33. The van der Waals surface area contributed by atoms with Crippen LogP contribution in [-0.4, -0.2) is 24.4 Å². The zero-order chi connectivity index (χ0) is 13.5. The van der Waals surface area contributed by atoms with E-state index in [1.165, 1.54) is 24.3 Å². The van der Waals surface area contributed by atoms with Crippen molar-refractivity contribution >= 4 is 23.5 Å². The van der Waals surface area contributed by atoms with E-state index >= 15 is 0 Å². The lowest BCUT2D eigenvalue weighted by Crippen LogP contribution is -2.36. The maximum atomic E-state index is 11.2. The summed E-state index contributed by atoms with van der Waals surface area (Å²) >= 11 is 0. The van der Waals surface area contributed by atoms with Crippen LogP contribution >= 0.6 is 0 Å². The van der Waals surface area contributed by atoms with E-state index in [2.05, 4.69) is 15.7 Å². The minimum Gasteiger partial charge on any atom is -0.368 e. The monoisotopic (exact) mass is 249 g/mol. The van der Waals surface area contributed by atoms with Gasteiger partial charge in [0.2, 0.25) is 5.91 Å². The fourth-order valence-electron chi connectivity index (χ4n) is 1.10. The lowest BCUT2D eigenvalue weighted by molar-refractivity contribution is -0.117. The second-order valence-corrected chi connectivity index (χ2v) is 3.27. The number of hydrogen-bond donors (Lipinski definition) is 4. The van der Waals surface area contributed by atoms with Crippen LogP contribution in [0, 0.1) is 5.53 Å². The van der Waals surface area contributed by atoms with Crippen LogP contribution < -0.4 is 16.4 Å². The molecule has 94 valence electrons. The van der Waals surface area contributed by atoms with Gasteiger partial charge in [-0.15, -0.1) is 5.11 Å². The zero-order valence-electron chi connectivity index (χ0n) is 9.27. The maximum absolute atomic E-state index is 11.2. The molecule has 18 heavy (non-hydrogen) atoms. The van der Waals surface area contributed by atoms with E-state index in [1.54, 1.807) is 0 Å². The average Bonchev–Trinajstić information content (AvgIpc) is 2.36. The third-order valence-corrected chi connectivity index (χ3v) is 1.91. The number of nitrogens with zero attached hydrogens (tertiary/aromatic N) is 1. The van der Waals surface area contributed by atoms with Crippen molar-refractivity contribution in [3.63, 3.8) is 0 Å². The SMILES string of the molecule is N=NC(=O)c1ccc(NC(=O)NCC(N)=O)cc1. The topological polar surface area (TPSA) is 138 Å². The summed E-state index contributed by atoms with van der Waals surface area (Å²) in [6.07, 6.45) is 0. The molecule has 1 aromatic rings. The van der Waals surface area contributed by atoms with Crippen LogP contribution in [0.2, 0.25) is 0 Å². The van der Waals surface area contributed by atoms with Gasteiger partial charge in [0.15, 0.2) is 0 Å². The Morgan fingerprint density at radius 1 is 1.22 bits per heavy atom. The Bertz CT molecular complexity index is 483. The van der Waals surface area contributed by atoms with Crippen molar-refractivity contribution in [3.05, 3.63) is 29.8 Å². The Balaban J connectivity index is 2.58. The molecule has 8 nitrogen and oxygen atoms in total.